The second kappa shape index (κ2) is 6.44. The molecule has 0 unspecified atom stereocenters. The Bertz CT molecular complexity index is 769. The zero-order valence-electron chi connectivity index (χ0n) is 14.8. The van der Waals surface area contributed by atoms with Crippen LogP contribution in [-0.4, -0.2) is 58.1 Å². The molecule has 0 aromatic carbocycles. The highest BCUT2D eigenvalue weighted by Gasteiger charge is 2.24. The fraction of sp³-hybridized carbons (Fsp3) is 0.529. The van der Waals surface area contributed by atoms with E-state index in [9.17, 15) is 0 Å². The van der Waals surface area contributed by atoms with Gasteiger partial charge in [-0.2, -0.15) is 9.97 Å². The maximum Gasteiger partial charge on any atom is 0.223 e. The number of fused-ring (bicyclic) bond motifs is 1. The van der Waals surface area contributed by atoms with Crippen molar-refractivity contribution in [2.45, 2.75) is 26.4 Å². The van der Waals surface area contributed by atoms with Crippen LogP contribution < -0.4 is 15.5 Å². The quantitative estimate of drug-likeness (QED) is 0.873. The highest BCUT2D eigenvalue weighted by Crippen LogP contribution is 2.28. The minimum Gasteiger partial charge on any atom is -0.368 e. The molecule has 132 valence electrons. The third kappa shape index (κ3) is 3.21. The van der Waals surface area contributed by atoms with Gasteiger partial charge in [0.15, 0.2) is 0 Å². The Morgan fingerprint density at radius 2 is 1.72 bits per heavy atom. The van der Waals surface area contributed by atoms with Gasteiger partial charge in [0.25, 0.3) is 0 Å². The SMILES string of the molecule is CCc1ncc2c(n1)CN(c1cc(N3CCN(C)CC3)nc(N)n1)C2. The van der Waals surface area contributed by atoms with Crippen LogP contribution in [0, 0.1) is 0 Å². The van der Waals surface area contributed by atoms with Crippen molar-refractivity contribution in [1.82, 2.24) is 24.8 Å². The first-order valence-electron chi connectivity index (χ1n) is 8.79. The molecule has 25 heavy (non-hydrogen) atoms. The van der Waals surface area contributed by atoms with Gasteiger partial charge in [0, 0.05) is 57.0 Å². The summed E-state index contributed by atoms with van der Waals surface area (Å²) in [6.45, 7) is 7.55. The van der Waals surface area contributed by atoms with E-state index in [2.05, 4.69) is 48.6 Å². The van der Waals surface area contributed by atoms with E-state index in [1.807, 2.05) is 12.3 Å². The molecule has 0 saturated carbocycles. The number of rotatable bonds is 3. The zero-order valence-corrected chi connectivity index (χ0v) is 14.8. The summed E-state index contributed by atoms with van der Waals surface area (Å²) in [6, 6.07) is 2.04. The number of aromatic nitrogens is 4. The van der Waals surface area contributed by atoms with Crippen LogP contribution in [0.25, 0.3) is 0 Å². The van der Waals surface area contributed by atoms with Crippen molar-refractivity contribution in [2.75, 3.05) is 48.8 Å². The maximum absolute atomic E-state index is 6.00. The Balaban J connectivity index is 1.57. The van der Waals surface area contributed by atoms with E-state index in [-0.39, 0.29) is 0 Å². The van der Waals surface area contributed by atoms with Gasteiger partial charge < -0.3 is 20.4 Å². The van der Waals surface area contributed by atoms with Gasteiger partial charge in [0.05, 0.1) is 12.2 Å². The Labute approximate surface area is 147 Å². The van der Waals surface area contributed by atoms with E-state index in [0.717, 1.165) is 74.4 Å². The molecule has 4 rings (SSSR count). The number of anilines is 3. The number of nitrogens with two attached hydrogens (primary N) is 1. The van der Waals surface area contributed by atoms with Gasteiger partial charge in [0.1, 0.15) is 17.5 Å². The minimum atomic E-state index is 0.322. The minimum absolute atomic E-state index is 0.322. The van der Waals surface area contributed by atoms with Crippen molar-refractivity contribution in [3.63, 3.8) is 0 Å². The molecule has 0 bridgehead atoms. The van der Waals surface area contributed by atoms with Gasteiger partial charge in [-0.3, -0.25) is 0 Å². The lowest BCUT2D eigenvalue weighted by atomic mass is 10.3. The van der Waals surface area contributed by atoms with E-state index < -0.39 is 0 Å². The summed E-state index contributed by atoms with van der Waals surface area (Å²) in [6.07, 6.45) is 2.79. The van der Waals surface area contributed by atoms with Gasteiger partial charge in [-0.15, -0.1) is 0 Å². The number of hydrogen-bond donors (Lipinski definition) is 1. The van der Waals surface area contributed by atoms with E-state index in [1.165, 1.54) is 0 Å². The Morgan fingerprint density at radius 3 is 2.44 bits per heavy atom. The van der Waals surface area contributed by atoms with Crippen molar-refractivity contribution < 1.29 is 0 Å². The van der Waals surface area contributed by atoms with E-state index in [1.54, 1.807) is 0 Å². The molecular formula is C17H24N8. The van der Waals surface area contributed by atoms with Crippen molar-refractivity contribution >= 4 is 17.6 Å². The third-order valence-electron chi connectivity index (χ3n) is 4.89. The number of piperazine rings is 1. The van der Waals surface area contributed by atoms with Crippen LogP contribution in [0.1, 0.15) is 24.0 Å². The molecule has 0 aliphatic carbocycles. The molecule has 2 aliphatic heterocycles. The fourth-order valence-electron chi connectivity index (χ4n) is 3.33. The molecule has 8 nitrogen and oxygen atoms in total. The summed E-state index contributed by atoms with van der Waals surface area (Å²) in [5.74, 6) is 2.98. The summed E-state index contributed by atoms with van der Waals surface area (Å²) in [5.41, 5.74) is 8.25. The predicted molar refractivity (Wildman–Crippen MR) is 97.5 cm³/mol. The normalized spacial score (nSPS) is 17.8. The molecule has 2 aliphatic rings. The highest BCUT2D eigenvalue weighted by atomic mass is 15.3. The van der Waals surface area contributed by atoms with E-state index in [0.29, 0.717) is 5.95 Å². The van der Waals surface area contributed by atoms with Crippen LogP contribution in [0.4, 0.5) is 17.6 Å². The zero-order chi connectivity index (χ0) is 17.4. The largest absolute Gasteiger partial charge is 0.368 e. The average Bonchev–Trinajstić information content (AvgIpc) is 3.05. The molecule has 1 fully saturated rings. The van der Waals surface area contributed by atoms with Gasteiger partial charge >= 0.3 is 0 Å². The number of nitrogens with zero attached hydrogens (tertiary/aromatic N) is 7. The molecule has 8 heteroatoms. The molecular weight excluding hydrogens is 316 g/mol. The van der Waals surface area contributed by atoms with E-state index >= 15 is 0 Å². The lowest BCUT2D eigenvalue weighted by Crippen LogP contribution is -2.45. The van der Waals surface area contributed by atoms with Gasteiger partial charge in [-0.05, 0) is 7.05 Å². The van der Waals surface area contributed by atoms with Crippen LogP contribution in [0.5, 0.6) is 0 Å². The summed E-state index contributed by atoms with van der Waals surface area (Å²) >= 11 is 0. The Kier molecular flexibility index (Phi) is 4.12. The molecule has 0 atom stereocenters. The monoisotopic (exact) mass is 340 g/mol. The van der Waals surface area contributed by atoms with Crippen molar-refractivity contribution in [3.8, 4) is 0 Å². The number of aryl methyl sites for hydroxylation is 1. The molecule has 0 amide bonds. The first kappa shape index (κ1) is 16.0. The molecule has 0 spiro atoms. The number of hydrogen-bond acceptors (Lipinski definition) is 8. The fourth-order valence-corrected chi connectivity index (χ4v) is 3.33. The van der Waals surface area contributed by atoms with Crippen LogP contribution in [0.3, 0.4) is 0 Å². The van der Waals surface area contributed by atoms with Gasteiger partial charge in [-0.1, -0.05) is 6.92 Å². The Morgan fingerprint density at radius 1 is 1.00 bits per heavy atom. The summed E-state index contributed by atoms with van der Waals surface area (Å²) in [7, 11) is 2.14. The number of likely N-dealkylation sites (N-methyl/N-ethyl adjacent to an activating group) is 1. The first-order chi connectivity index (χ1) is 12.1. The molecule has 2 aromatic rings. The molecule has 4 heterocycles. The predicted octanol–water partition coefficient (Wildman–Crippen LogP) is 0.683. The molecule has 2 aromatic heterocycles. The lowest BCUT2D eigenvalue weighted by Gasteiger charge is -2.33. The van der Waals surface area contributed by atoms with Crippen molar-refractivity contribution in [2.24, 2.45) is 0 Å². The van der Waals surface area contributed by atoms with Crippen molar-refractivity contribution in [3.05, 3.63) is 29.3 Å². The second-order valence-electron chi connectivity index (χ2n) is 6.70. The first-order valence-corrected chi connectivity index (χ1v) is 8.79. The van der Waals surface area contributed by atoms with Crippen LogP contribution in [0.15, 0.2) is 12.3 Å². The van der Waals surface area contributed by atoms with Crippen LogP contribution >= 0.6 is 0 Å². The lowest BCUT2D eigenvalue weighted by molar-refractivity contribution is 0.312. The third-order valence-corrected chi connectivity index (χ3v) is 4.89. The molecule has 0 radical (unpaired) electrons. The average molecular weight is 340 g/mol. The number of nitrogen functional groups attached to an aromatic ring is 1. The maximum atomic E-state index is 6.00. The van der Waals surface area contributed by atoms with Crippen molar-refractivity contribution in [1.29, 1.82) is 0 Å². The second-order valence-corrected chi connectivity index (χ2v) is 6.70. The van der Waals surface area contributed by atoms with Gasteiger partial charge in [-0.25, -0.2) is 9.97 Å². The van der Waals surface area contributed by atoms with Gasteiger partial charge in [0.2, 0.25) is 5.95 Å². The smallest absolute Gasteiger partial charge is 0.223 e. The van der Waals surface area contributed by atoms with Crippen LogP contribution in [-0.2, 0) is 19.5 Å². The van der Waals surface area contributed by atoms with Crippen LogP contribution in [0.2, 0.25) is 0 Å². The summed E-state index contributed by atoms with van der Waals surface area (Å²) in [4.78, 5) is 24.8. The summed E-state index contributed by atoms with van der Waals surface area (Å²) < 4.78 is 0. The van der Waals surface area contributed by atoms with E-state index in [4.69, 9.17) is 5.73 Å². The topological polar surface area (TPSA) is 87.3 Å². The Hall–Kier alpha value is -2.48. The molecule has 1 saturated heterocycles. The summed E-state index contributed by atoms with van der Waals surface area (Å²) in [5, 5.41) is 0. The molecule has 2 N–H and O–H groups in total. The standard InChI is InChI=1S/C17H24N8/c1-3-14-19-9-12-10-25(11-13(12)20-14)16-8-15(21-17(18)22-16)24-6-4-23(2)5-7-24/h8-9H,3-7,10-11H2,1-2H3,(H2,18,21,22). The highest BCUT2D eigenvalue weighted by molar-refractivity contribution is 5.56.